The molecule has 3 rings (SSSR count). The van der Waals surface area contributed by atoms with Gasteiger partial charge in [-0.1, -0.05) is 12.1 Å². The molecule has 0 unspecified atom stereocenters. The third kappa shape index (κ3) is 2.88. The second-order valence-corrected chi connectivity index (χ2v) is 5.83. The maximum absolute atomic E-state index is 12.1. The van der Waals surface area contributed by atoms with Crippen molar-refractivity contribution in [2.45, 2.75) is 37.3 Å². The Morgan fingerprint density at radius 3 is 2.45 bits per heavy atom. The summed E-state index contributed by atoms with van der Waals surface area (Å²) in [5.74, 6) is 0. The van der Waals surface area contributed by atoms with E-state index in [1.54, 1.807) is 0 Å². The summed E-state index contributed by atoms with van der Waals surface area (Å²) < 4.78 is 0. The second-order valence-electron chi connectivity index (χ2n) is 5.83. The summed E-state index contributed by atoms with van der Waals surface area (Å²) >= 11 is 0. The maximum Gasteiger partial charge on any atom is 0.315 e. The number of nitrogens with two attached hydrogens (primary N) is 1. The number of carbonyl (C=O) groups excluding carboxylic acids is 1. The third-order valence-electron chi connectivity index (χ3n) is 4.24. The van der Waals surface area contributed by atoms with Crippen molar-refractivity contribution in [2.75, 3.05) is 18.8 Å². The van der Waals surface area contributed by atoms with E-state index < -0.39 is 0 Å². The van der Waals surface area contributed by atoms with Gasteiger partial charge < -0.3 is 21.7 Å². The van der Waals surface area contributed by atoms with Crippen molar-refractivity contribution in [3.05, 3.63) is 29.8 Å². The molecule has 5 N–H and O–H groups in total. The van der Waals surface area contributed by atoms with E-state index in [1.165, 1.54) is 0 Å². The number of anilines is 1. The van der Waals surface area contributed by atoms with Crippen LogP contribution < -0.4 is 21.7 Å². The molecular formula is C15H22N4O. The normalized spacial score (nSPS) is 21.2. The lowest BCUT2D eigenvalue weighted by molar-refractivity contribution is 0.228. The molecule has 0 spiro atoms. The maximum atomic E-state index is 12.1. The van der Waals surface area contributed by atoms with Gasteiger partial charge in [0.2, 0.25) is 0 Å². The van der Waals surface area contributed by atoms with Crippen LogP contribution in [0.2, 0.25) is 0 Å². The fourth-order valence-electron chi connectivity index (χ4n) is 2.82. The Hall–Kier alpha value is -1.75. The number of urea groups is 1. The monoisotopic (exact) mass is 274 g/mol. The Morgan fingerprint density at radius 2 is 1.85 bits per heavy atom. The van der Waals surface area contributed by atoms with E-state index in [-0.39, 0.29) is 11.6 Å². The number of nitrogens with one attached hydrogen (secondary N) is 3. The third-order valence-corrected chi connectivity index (χ3v) is 4.24. The molecule has 0 radical (unpaired) electrons. The highest BCUT2D eigenvalue weighted by Gasteiger charge is 2.45. The van der Waals surface area contributed by atoms with Gasteiger partial charge in [-0.2, -0.15) is 0 Å². The molecule has 1 saturated heterocycles. The number of piperidine rings is 1. The minimum absolute atomic E-state index is 0.0498. The van der Waals surface area contributed by atoms with Crippen molar-refractivity contribution < 1.29 is 4.79 Å². The zero-order valence-electron chi connectivity index (χ0n) is 11.6. The average molecular weight is 274 g/mol. The van der Waals surface area contributed by atoms with E-state index in [0.29, 0.717) is 6.04 Å². The first kappa shape index (κ1) is 13.2. The Morgan fingerprint density at radius 1 is 1.20 bits per heavy atom. The minimum atomic E-state index is -0.176. The summed E-state index contributed by atoms with van der Waals surface area (Å²) in [7, 11) is 0. The molecule has 2 fully saturated rings. The van der Waals surface area contributed by atoms with Crippen molar-refractivity contribution in [2.24, 2.45) is 0 Å². The predicted molar refractivity (Wildman–Crippen MR) is 79.3 cm³/mol. The number of benzene rings is 1. The van der Waals surface area contributed by atoms with Crippen LogP contribution in [0.25, 0.3) is 0 Å². The molecule has 0 aromatic heterocycles. The summed E-state index contributed by atoms with van der Waals surface area (Å²) in [4.78, 5) is 12.1. The van der Waals surface area contributed by atoms with Gasteiger partial charge in [0.25, 0.3) is 0 Å². The van der Waals surface area contributed by atoms with Crippen LogP contribution in [0.5, 0.6) is 0 Å². The highest BCUT2D eigenvalue weighted by atomic mass is 16.2. The van der Waals surface area contributed by atoms with Gasteiger partial charge >= 0.3 is 6.03 Å². The lowest BCUT2D eigenvalue weighted by Crippen LogP contribution is -2.49. The van der Waals surface area contributed by atoms with Crippen LogP contribution in [0.4, 0.5) is 10.5 Å². The zero-order valence-corrected chi connectivity index (χ0v) is 11.6. The molecule has 1 heterocycles. The first-order valence-electron chi connectivity index (χ1n) is 7.33. The van der Waals surface area contributed by atoms with Gasteiger partial charge in [-0.25, -0.2) is 4.79 Å². The largest absolute Gasteiger partial charge is 0.399 e. The summed E-state index contributed by atoms with van der Waals surface area (Å²) in [6, 6.07) is 8.04. The predicted octanol–water partition coefficient (Wildman–Crippen LogP) is 1.31. The van der Waals surface area contributed by atoms with Crippen LogP contribution in [0.3, 0.4) is 0 Å². The number of hydrogen-bond donors (Lipinski definition) is 4. The van der Waals surface area contributed by atoms with Crippen LogP contribution in [0.1, 0.15) is 31.2 Å². The molecule has 1 aliphatic carbocycles. The highest BCUT2D eigenvalue weighted by Crippen LogP contribution is 2.45. The molecular weight excluding hydrogens is 252 g/mol. The van der Waals surface area contributed by atoms with Crippen molar-refractivity contribution in [3.63, 3.8) is 0 Å². The first-order valence-corrected chi connectivity index (χ1v) is 7.33. The number of carbonyl (C=O) groups is 1. The molecule has 108 valence electrons. The van der Waals surface area contributed by atoms with Crippen LogP contribution in [-0.2, 0) is 5.54 Å². The summed E-state index contributed by atoms with van der Waals surface area (Å²) in [5, 5.41) is 9.52. The van der Waals surface area contributed by atoms with E-state index in [2.05, 4.69) is 16.0 Å². The van der Waals surface area contributed by atoms with Gasteiger partial charge in [0.15, 0.2) is 0 Å². The molecule has 0 bridgehead atoms. The standard InChI is InChI=1S/C15H22N4O/c16-12-3-1-11(2-4-12)15(7-8-15)19-14(20)18-13-5-9-17-10-6-13/h1-4,13,17H,5-10,16H2,(H2,18,19,20). The smallest absolute Gasteiger partial charge is 0.315 e. The Kier molecular flexibility index (Phi) is 3.53. The quantitative estimate of drug-likeness (QED) is 0.627. The van der Waals surface area contributed by atoms with E-state index in [4.69, 9.17) is 5.73 Å². The van der Waals surface area contributed by atoms with Gasteiger partial charge in [0, 0.05) is 11.7 Å². The van der Waals surface area contributed by atoms with E-state index in [9.17, 15) is 4.79 Å². The molecule has 1 aromatic rings. The van der Waals surface area contributed by atoms with Crippen molar-refractivity contribution in [3.8, 4) is 0 Å². The van der Waals surface area contributed by atoms with Crippen LogP contribution in [0, 0.1) is 0 Å². The Bertz CT molecular complexity index is 475. The molecule has 1 aromatic carbocycles. The molecule has 1 aliphatic heterocycles. The topological polar surface area (TPSA) is 79.2 Å². The summed E-state index contributed by atoms with van der Waals surface area (Å²) in [6.07, 6.45) is 4.00. The summed E-state index contributed by atoms with van der Waals surface area (Å²) in [5.41, 5.74) is 7.43. The molecule has 5 nitrogen and oxygen atoms in total. The molecule has 5 heteroatoms. The molecule has 0 atom stereocenters. The van der Waals surface area contributed by atoms with Crippen LogP contribution in [-0.4, -0.2) is 25.2 Å². The molecule has 2 amide bonds. The van der Waals surface area contributed by atoms with Gasteiger partial charge in [-0.05, 0) is 56.5 Å². The van der Waals surface area contributed by atoms with Gasteiger partial charge in [-0.15, -0.1) is 0 Å². The van der Waals surface area contributed by atoms with Crippen LogP contribution in [0.15, 0.2) is 24.3 Å². The minimum Gasteiger partial charge on any atom is -0.399 e. The van der Waals surface area contributed by atoms with Crippen molar-refractivity contribution >= 4 is 11.7 Å². The number of rotatable bonds is 3. The summed E-state index contributed by atoms with van der Waals surface area (Å²) in [6.45, 7) is 1.96. The first-order chi connectivity index (χ1) is 9.68. The van der Waals surface area contributed by atoms with E-state index in [1.807, 2.05) is 24.3 Å². The molecule has 2 aliphatic rings. The fraction of sp³-hybridized carbons (Fsp3) is 0.533. The van der Waals surface area contributed by atoms with E-state index >= 15 is 0 Å². The van der Waals surface area contributed by atoms with E-state index in [0.717, 1.165) is 50.0 Å². The average Bonchev–Trinajstić information content (AvgIpc) is 3.21. The number of nitrogen functional groups attached to an aromatic ring is 1. The number of amides is 2. The van der Waals surface area contributed by atoms with Crippen LogP contribution >= 0.6 is 0 Å². The number of hydrogen-bond acceptors (Lipinski definition) is 3. The lowest BCUT2D eigenvalue weighted by atomic mass is 10.0. The Labute approximate surface area is 119 Å². The van der Waals surface area contributed by atoms with Gasteiger partial charge in [-0.3, -0.25) is 0 Å². The van der Waals surface area contributed by atoms with Crippen molar-refractivity contribution in [1.82, 2.24) is 16.0 Å². The van der Waals surface area contributed by atoms with Crippen molar-refractivity contribution in [1.29, 1.82) is 0 Å². The highest BCUT2D eigenvalue weighted by molar-refractivity contribution is 5.76. The molecule has 1 saturated carbocycles. The second kappa shape index (κ2) is 5.32. The fourth-order valence-corrected chi connectivity index (χ4v) is 2.82. The lowest BCUT2D eigenvalue weighted by Gasteiger charge is -2.26. The van der Waals surface area contributed by atoms with Gasteiger partial charge in [0.05, 0.1) is 5.54 Å². The zero-order chi connectivity index (χ0) is 14.0. The molecule has 20 heavy (non-hydrogen) atoms. The SMILES string of the molecule is Nc1ccc(C2(NC(=O)NC3CCNCC3)CC2)cc1. The Balaban J connectivity index is 1.59. The van der Waals surface area contributed by atoms with Gasteiger partial charge in [0.1, 0.15) is 0 Å².